The van der Waals surface area contributed by atoms with Crippen LogP contribution in [-0.4, -0.2) is 12.5 Å². The van der Waals surface area contributed by atoms with E-state index in [9.17, 15) is 4.79 Å². The van der Waals surface area contributed by atoms with Crippen molar-refractivity contribution >= 4 is 34.8 Å². The van der Waals surface area contributed by atoms with E-state index in [0.717, 1.165) is 17.0 Å². The number of rotatable bonds is 6. The molecule has 0 aliphatic heterocycles. The minimum atomic E-state index is -0.0428. The van der Waals surface area contributed by atoms with Gasteiger partial charge in [-0.05, 0) is 61.4 Å². The topological polar surface area (TPSA) is 38.3 Å². The second-order valence-corrected chi connectivity index (χ2v) is 5.79. The van der Waals surface area contributed by atoms with Gasteiger partial charge in [0.15, 0.2) is 0 Å². The van der Waals surface area contributed by atoms with Gasteiger partial charge in [-0.1, -0.05) is 23.2 Å². The molecule has 0 fully saturated rings. The van der Waals surface area contributed by atoms with Gasteiger partial charge < -0.3 is 10.1 Å². The smallest absolute Gasteiger partial charge is 0.224 e. The van der Waals surface area contributed by atoms with Gasteiger partial charge in [0.05, 0.1) is 6.61 Å². The third kappa shape index (κ3) is 5.24. The first-order chi connectivity index (χ1) is 10.5. The van der Waals surface area contributed by atoms with Gasteiger partial charge in [-0.3, -0.25) is 4.79 Å². The molecule has 3 nitrogen and oxygen atoms in total. The zero-order chi connectivity index (χ0) is 15.9. The van der Waals surface area contributed by atoms with Crippen LogP contribution in [-0.2, 0) is 4.79 Å². The monoisotopic (exact) mass is 337 g/mol. The van der Waals surface area contributed by atoms with Crippen molar-refractivity contribution in [3.05, 3.63) is 58.1 Å². The van der Waals surface area contributed by atoms with Crippen LogP contribution >= 0.6 is 23.2 Å². The number of amides is 1. The number of ether oxygens (including phenoxy) is 1. The summed E-state index contributed by atoms with van der Waals surface area (Å²) in [6.07, 6.45) is 1.04. The highest BCUT2D eigenvalue weighted by atomic mass is 35.5. The van der Waals surface area contributed by atoms with E-state index in [1.807, 2.05) is 19.1 Å². The van der Waals surface area contributed by atoms with Crippen molar-refractivity contribution in [3.63, 3.8) is 0 Å². The molecule has 116 valence electrons. The van der Waals surface area contributed by atoms with Crippen LogP contribution in [0, 0.1) is 6.92 Å². The van der Waals surface area contributed by atoms with E-state index < -0.39 is 0 Å². The maximum absolute atomic E-state index is 11.8. The summed E-state index contributed by atoms with van der Waals surface area (Å²) < 4.78 is 5.65. The highest BCUT2D eigenvalue weighted by molar-refractivity contribution is 6.30. The number of aryl methyl sites for hydroxylation is 1. The van der Waals surface area contributed by atoms with Crippen molar-refractivity contribution in [2.75, 3.05) is 11.9 Å². The Balaban J connectivity index is 1.72. The largest absolute Gasteiger partial charge is 0.493 e. The molecule has 2 aromatic carbocycles. The van der Waals surface area contributed by atoms with Crippen LogP contribution in [0.1, 0.15) is 18.4 Å². The lowest BCUT2D eigenvalue weighted by Gasteiger charge is -2.09. The van der Waals surface area contributed by atoms with Gasteiger partial charge in [-0.2, -0.15) is 0 Å². The first kappa shape index (κ1) is 16.7. The number of carbonyl (C=O) groups excluding carboxylic acids is 1. The lowest BCUT2D eigenvalue weighted by Crippen LogP contribution is -2.12. The summed E-state index contributed by atoms with van der Waals surface area (Å²) in [5, 5.41) is 4.15. The molecule has 0 unspecified atom stereocenters. The molecule has 22 heavy (non-hydrogen) atoms. The van der Waals surface area contributed by atoms with E-state index >= 15 is 0 Å². The average Bonchev–Trinajstić information content (AvgIpc) is 2.48. The zero-order valence-electron chi connectivity index (χ0n) is 12.2. The second-order valence-electron chi connectivity index (χ2n) is 4.92. The molecule has 0 heterocycles. The van der Waals surface area contributed by atoms with Gasteiger partial charge >= 0.3 is 0 Å². The van der Waals surface area contributed by atoms with Crippen molar-refractivity contribution < 1.29 is 9.53 Å². The van der Waals surface area contributed by atoms with Gasteiger partial charge in [0.2, 0.25) is 5.91 Å². The highest BCUT2D eigenvalue weighted by Crippen LogP contribution is 2.22. The summed E-state index contributed by atoms with van der Waals surface area (Å²) in [6.45, 7) is 2.42. The number of hydrogen-bond acceptors (Lipinski definition) is 2. The van der Waals surface area contributed by atoms with E-state index in [1.165, 1.54) is 0 Å². The van der Waals surface area contributed by atoms with Crippen molar-refractivity contribution in [1.29, 1.82) is 0 Å². The molecular weight excluding hydrogens is 321 g/mol. The van der Waals surface area contributed by atoms with Crippen LogP contribution < -0.4 is 10.1 Å². The Bertz CT molecular complexity index is 642. The third-order valence-corrected chi connectivity index (χ3v) is 3.56. The average molecular weight is 338 g/mol. The molecule has 0 aliphatic rings. The second kappa shape index (κ2) is 8.06. The summed E-state index contributed by atoms with van der Waals surface area (Å²) in [5.74, 6) is 0.751. The number of nitrogens with one attached hydrogen (secondary N) is 1. The van der Waals surface area contributed by atoms with Gasteiger partial charge in [0.25, 0.3) is 0 Å². The molecule has 5 heteroatoms. The molecule has 0 saturated heterocycles. The van der Waals surface area contributed by atoms with Crippen molar-refractivity contribution in [3.8, 4) is 5.75 Å². The van der Waals surface area contributed by atoms with E-state index in [0.29, 0.717) is 29.5 Å². The van der Waals surface area contributed by atoms with E-state index in [4.69, 9.17) is 27.9 Å². The van der Waals surface area contributed by atoms with Crippen LogP contribution in [0.25, 0.3) is 0 Å². The summed E-state index contributed by atoms with van der Waals surface area (Å²) in [7, 11) is 0. The molecule has 0 bridgehead atoms. The van der Waals surface area contributed by atoms with Crippen molar-refractivity contribution in [2.45, 2.75) is 19.8 Å². The van der Waals surface area contributed by atoms with E-state index in [1.54, 1.807) is 30.3 Å². The van der Waals surface area contributed by atoms with Crippen LogP contribution in [0.3, 0.4) is 0 Å². The van der Waals surface area contributed by atoms with Gasteiger partial charge in [-0.15, -0.1) is 0 Å². The molecule has 0 aromatic heterocycles. The van der Waals surface area contributed by atoms with Crippen LogP contribution in [0.15, 0.2) is 42.5 Å². The predicted molar refractivity (Wildman–Crippen MR) is 91.0 cm³/mol. The maximum atomic E-state index is 11.8. The lowest BCUT2D eigenvalue weighted by atomic mass is 10.2. The maximum Gasteiger partial charge on any atom is 0.224 e. The molecule has 2 rings (SSSR count). The Hall–Kier alpha value is -1.71. The van der Waals surface area contributed by atoms with Gasteiger partial charge in [-0.25, -0.2) is 0 Å². The summed E-state index contributed by atoms with van der Waals surface area (Å²) in [4.78, 5) is 11.8. The molecule has 0 atom stereocenters. The van der Waals surface area contributed by atoms with E-state index in [2.05, 4.69) is 5.32 Å². The molecule has 0 saturated carbocycles. The molecular formula is C17H17Cl2NO2. The fourth-order valence-electron chi connectivity index (χ4n) is 1.95. The predicted octanol–water partition coefficient (Wildman–Crippen LogP) is 5.10. The first-order valence-corrected chi connectivity index (χ1v) is 7.74. The van der Waals surface area contributed by atoms with Crippen molar-refractivity contribution in [2.24, 2.45) is 0 Å². The van der Waals surface area contributed by atoms with Crippen LogP contribution in [0.2, 0.25) is 10.0 Å². The molecule has 0 radical (unpaired) electrons. The summed E-state index contributed by atoms with van der Waals surface area (Å²) in [6, 6.07) is 12.5. The fourth-order valence-corrected chi connectivity index (χ4v) is 2.30. The minimum Gasteiger partial charge on any atom is -0.493 e. The number of hydrogen-bond donors (Lipinski definition) is 1. The Morgan fingerprint density at radius 1 is 1.09 bits per heavy atom. The number of benzene rings is 2. The quantitative estimate of drug-likeness (QED) is 0.744. The zero-order valence-corrected chi connectivity index (χ0v) is 13.7. The molecule has 1 amide bonds. The number of halogens is 2. The van der Waals surface area contributed by atoms with E-state index in [-0.39, 0.29) is 5.91 Å². The molecule has 1 N–H and O–H groups in total. The van der Waals surface area contributed by atoms with Gasteiger partial charge in [0, 0.05) is 22.2 Å². The van der Waals surface area contributed by atoms with Crippen LogP contribution in [0.5, 0.6) is 5.75 Å². The number of carbonyl (C=O) groups is 1. The SMILES string of the molecule is Cc1cc(Cl)ccc1OCCCC(=O)Nc1ccc(Cl)cc1. The fraction of sp³-hybridized carbons (Fsp3) is 0.235. The standard InChI is InChI=1S/C17H17Cl2NO2/c1-12-11-14(19)6-9-16(12)22-10-2-3-17(21)20-15-7-4-13(18)5-8-15/h4-9,11H,2-3,10H2,1H3,(H,20,21). The Labute approximate surface area is 140 Å². The molecule has 0 spiro atoms. The number of anilines is 1. The summed E-state index contributed by atoms with van der Waals surface area (Å²) >= 11 is 11.7. The summed E-state index contributed by atoms with van der Waals surface area (Å²) in [5.41, 5.74) is 1.72. The lowest BCUT2D eigenvalue weighted by molar-refractivity contribution is -0.116. The van der Waals surface area contributed by atoms with Crippen LogP contribution in [0.4, 0.5) is 5.69 Å². The van der Waals surface area contributed by atoms with Gasteiger partial charge in [0.1, 0.15) is 5.75 Å². The molecule has 2 aromatic rings. The Kier molecular flexibility index (Phi) is 6.10. The normalized spacial score (nSPS) is 10.3. The molecule has 0 aliphatic carbocycles. The first-order valence-electron chi connectivity index (χ1n) is 6.99. The minimum absolute atomic E-state index is 0.0428. The van der Waals surface area contributed by atoms with Crippen molar-refractivity contribution in [1.82, 2.24) is 0 Å². The Morgan fingerprint density at radius 3 is 2.45 bits per heavy atom. The Morgan fingerprint density at radius 2 is 1.77 bits per heavy atom. The highest BCUT2D eigenvalue weighted by Gasteiger charge is 2.04. The third-order valence-electron chi connectivity index (χ3n) is 3.07.